The van der Waals surface area contributed by atoms with Crippen LogP contribution in [0.25, 0.3) is 11.3 Å². The van der Waals surface area contributed by atoms with Gasteiger partial charge in [0.25, 0.3) is 0 Å². The minimum Gasteiger partial charge on any atom is -0.325 e. The lowest BCUT2D eigenvalue weighted by atomic mass is 10.1. The van der Waals surface area contributed by atoms with Crippen molar-refractivity contribution in [2.45, 2.75) is 26.9 Å². The second kappa shape index (κ2) is 5.50. The largest absolute Gasteiger partial charge is 0.325 e. The van der Waals surface area contributed by atoms with Crippen LogP contribution in [-0.4, -0.2) is 15.0 Å². The summed E-state index contributed by atoms with van der Waals surface area (Å²) in [6.45, 7) is 5.44. The van der Waals surface area contributed by atoms with E-state index >= 15 is 0 Å². The Balaban J connectivity index is 2.54. The fourth-order valence-corrected chi connectivity index (χ4v) is 2.13. The van der Waals surface area contributed by atoms with Gasteiger partial charge in [0.1, 0.15) is 5.69 Å². The first-order valence-electron chi connectivity index (χ1n) is 6.00. The second-order valence-corrected chi connectivity index (χ2v) is 5.05. The normalized spacial score (nSPS) is 11.2. The van der Waals surface area contributed by atoms with Gasteiger partial charge in [-0.25, -0.2) is 4.68 Å². The van der Waals surface area contributed by atoms with Crippen LogP contribution in [0.15, 0.2) is 24.3 Å². The van der Waals surface area contributed by atoms with Crippen molar-refractivity contribution in [2.24, 2.45) is 11.7 Å². The highest BCUT2D eigenvalue weighted by atomic mass is 35.5. The summed E-state index contributed by atoms with van der Waals surface area (Å²) in [4.78, 5) is 0. The van der Waals surface area contributed by atoms with Crippen molar-refractivity contribution in [1.29, 1.82) is 0 Å². The van der Waals surface area contributed by atoms with Crippen molar-refractivity contribution >= 4 is 11.6 Å². The average molecular weight is 265 g/mol. The standard InChI is InChI=1S/C13H17ClN4/c1-9(2)8-18-13(12(7-15)16-17-18)10-5-3-4-6-11(10)14/h3-6,9H,7-8,15H2,1-2H3. The topological polar surface area (TPSA) is 56.7 Å². The molecule has 5 heteroatoms. The molecule has 0 saturated heterocycles. The number of nitrogens with two attached hydrogens (primary N) is 1. The maximum Gasteiger partial charge on any atom is 0.104 e. The molecule has 2 N–H and O–H groups in total. The summed E-state index contributed by atoms with van der Waals surface area (Å²) in [5, 5.41) is 9.00. The number of hydrogen-bond acceptors (Lipinski definition) is 3. The molecule has 1 aromatic heterocycles. The van der Waals surface area contributed by atoms with E-state index in [1.54, 1.807) is 0 Å². The molecule has 1 heterocycles. The molecule has 0 amide bonds. The zero-order chi connectivity index (χ0) is 13.1. The lowest BCUT2D eigenvalue weighted by Gasteiger charge is -2.11. The van der Waals surface area contributed by atoms with Gasteiger partial charge in [-0.1, -0.05) is 48.9 Å². The van der Waals surface area contributed by atoms with Gasteiger partial charge >= 0.3 is 0 Å². The van der Waals surface area contributed by atoms with Crippen molar-refractivity contribution in [3.63, 3.8) is 0 Å². The van der Waals surface area contributed by atoms with Crippen molar-refractivity contribution in [3.05, 3.63) is 35.0 Å². The van der Waals surface area contributed by atoms with Gasteiger partial charge < -0.3 is 5.73 Å². The number of benzene rings is 1. The van der Waals surface area contributed by atoms with Crippen molar-refractivity contribution in [3.8, 4) is 11.3 Å². The lowest BCUT2D eigenvalue weighted by Crippen LogP contribution is -2.09. The third-order valence-electron chi connectivity index (χ3n) is 2.67. The summed E-state index contributed by atoms with van der Waals surface area (Å²) in [6.07, 6.45) is 0. The molecule has 4 nitrogen and oxygen atoms in total. The average Bonchev–Trinajstić information content (AvgIpc) is 2.72. The van der Waals surface area contributed by atoms with Crippen LogP contribution in [-0.2, 0) is 13.1 Å². The molecule has 0 radical (unpaired) electrons. The summed E-state index contributed by atoms with van der Waals surface area (Å²) in [5.74, 6) is 0.485. The maximum absolute atomic E-state index is 6.24. The molecular weight excluding hydrogens is 248 g/mol. The predicted octanol–water partition coefficient (Wildman–Crippen LogP) is 2.71. The number of hydrogen-bond donors (Lipinski definition) is 1. The van der Waals surface area contributed by atoms with Gasteiger partial charge in [-0.3, -0.25) is 0 Å². The van der Waals surface area contributed by atoms with Crippen LogP contribution in [0.5, 0.6) is 0 Å². The summed E-state index contributed by atoms with van der Waals surface area (Å²) in [6, 6.07) is 7.69. The molecule has 2 aromatic rings. The molecule has 0 fully saturated rings. The first-order chi connectivity index (χ1) is 8.63. The van der Waals surface area contributed by atoms with Crippen LogP contribution in [0.4, 0.5) is 0 Å². The number of nitrogens with zero attached hydrogens (tertiary/aromatic N) is 3. The summed E-state index contributed by atoms with van der Waals surface area (Å²) in [5.41, 5.74) is 8.37. The van der Waals surface area contributed by atoms with Gasteiger partial charge in [-0.2, -0.15) is 0 Å². The van der Waals surface area contributed by atoms with Crippen LogP contribution < -0.4 is 5.73 Å². The summed E-state index contributed by atoms with van der Waals surface area (Å²) >= 11 is 6.24. The van der Waals surface area contributed by atoms with Gasteiger partial charge in [0.2, 0.25) is 0 Å². The van der Waals surface area contributed by atoms with E-state index < -0.39 is 0 Å². The molecule has 0 saturated carbocycles. The zero-order valence-corrected chi connectivity index (χ0v) is 11.4. The third-order valence-corrected chi connectivity index (χ3v) is 2.99. The zero-order valence-electron chi connectivity index (χ0n) is 10.6. The Morgan fingerprint density at radius 3 is 2.67 bits per heavy atom. The Labute approximate surface area is 112 Å². The molecule has 0 spiro atoms. The summed E-state index contributed by atoms with van der Waals surface area (Å²) < 4.78 is 1.88. The Hall–Kier alpha value is -1.39. The molecular formula is C13H17ClN4. The molecule has 0 aliphatic rings. The van der Waals surface area contributed by atoms with Crippen molar-refractivity contribution in [1.82, 2.24) is 15.0 Å². The van der Waals surface area contributed by atoms with E-state index in [-0.39, 0.29) is 0 Å². The Kier molecular flexibility index (Phi) is 3.99. The third kappa shape index (κ3) is 2.54. The first kappa shape index (κ1) is 13.1. The van der Waals surface area contributed by atoms with Crippen molar-refractivity contribution < 1.29 is 0 Å². The fraction of sp³-hybridized carbons (Fsp3) is 0.385. The first-order valence-corrected chi connectivity index (χ1v) is 6.38. The van der Waals surface area contributed by atoms with Crippen LogP contribution in [0.2, 0.25) is 5.02 Å². The van der Waals surface area contributed by atoms with E-state index in [9.17, 15) is 0 Å². The Morgan fingerprint density at radius 2 is 2.06 bits per heavy atom. The molecule has 0 aliphatic carbocycles. The smallest absolute Gasteiger partial charge is 0.104 e. The number of halogens is 1. The molecule has 18 heavy (non-hydrogen) atoms. The Morgan fingerprint density at radius 1 is 1.33 bits per heavy atom. The second-order valence-electron chi connectivity index (χ2n) is 4.64. The van der Waals surface area contributed by atoms with Gasteiger partial charge in [-0.05, 0) is 12.0 Å². The monoisotopic (exact) mass is 264 g/mol. The van der Waals surface area contributed by atoms with Gasteiger partial charge in [0.05, 0.1) is 10.7 Å². The van der Waals surface area contributed by atoms with E-state index in [0.717, 1.165) is 23.5 Å². The molecule has 0 aliphatic heterocycles. The number of rotatable bonds is 4. The van der Waals surface area contributed by atoms with Gasteiger partial charge in [0.15, 0.2) is 0 Å². The van der Waals surface area contributed by atoms with Crippen LogP contribution in [0, 0.1) is 5.92 Å². The number of aromatic nitrogens is 3. The molecule has 2 rings (SSSR count). The lowest BCUT2D eigenvalue weighted by molar-refractivity contribution is 0.475. The quantitative estimate of drug-likeness (QED) is 0.924. The van der Waals surface area contributed by atoms with Crippen molar-refractivity contribution in [2.75, 3.05) is 0 Å². The molecule has 0 unspecified atom stereocenters. The van der Waals surface area contributed by atoms with Crippen LogP contribution in [0.1, 0.15) is 19.5 Å². The van der Waals surface area contributed by atoms with E-state index in [1.165, 1.54) is 0 Å². The van der Waals surface area contributed by atoms with Crippen LogP contribution in [0.3, 0.4) is 0 Å². The van der Waals surface area contributed by atoms with Crippen LogP contribution >= 0.6 is 11.6 Å². The molecule has 96 valence electrons. The Bertz CT molecular complexity index is 534. The van der Waals surface area contributed by atoms with E-state index in [0.29, 0.717) is 17.5 Å². The highest BCUT2D eigenvalue weighted by molar-refractivity contribution is 6.33. The molecule has 0 bridgehead atoms. The van der Waals surface area contributed by atoms with E-state index in [2.05, 4.69) is 24.2 Å². The SMILES string of the molecule is CC(C)Cn1nnc(CN)c1-c1ccccc1Cl. The van der Waals surface area contributed by atoms with Gasteiger partial charge in [-0.15, -0.1) is 5.10 Å². The maximum atomic E-state index is 6.24. The minimum absolute atomic E-state index is 0.360. The highest BCUT2D eigenvalue weighted by Gasteiger charge is 2.16. The minimum atomic E-state index is 0.360. The fourth-order valence-electron chi connectivity index (χ4n) is 1.91. The summed E-state index contributed by atoms with van der Waals surface area (Å²) in [7, 11) is 0. The molecule has 1 aromatic carbocycles. The van der Waals surface area contributed by atoms with E-state index in [4.69, 9.17) is 17.3 Å². The predicted molar refractivity (Wildman–Crippen MR) is 73.2 cm³/mol. The van der Waals surface area contributed by atoms with Gasteiger partial charge in [0, 0.05) is 18.7 Å². The highest BCUT2D eigenvalue weighted by Crippen LogP contribution is 2.29. The molecule has 0 atom stereocenters. The van der Waals surface area contributed by atoms with E-state index in [1.807, 2.05) is 28.9 Å².